The predicted octanol–water partition coefficient (Wildman–Crippen LogP) is 3.50. The Hall–Kier alpha value is -2.21. The summed E-state index contributed by atoms with van der Waals surface area (Å²) in [5, 5.41) is 8.60. The molecule has 98 valence electrons. The highest BCUT2D eigenvalue weighted by atomic mass is 35.5. The minimum Gasteiger partial charge on any atom is -0.478 e. The monoisotopic (exact) mass is 285 g/mol. The van der Waals surface area contributed by atoms with E-state index < -0.39 is 23.4 Å². The molecule has 0 aliphatic heterocycles. The van der Waals surface area contributed by atoms with E-state index in [-0.39, 0.29) is 16.5 Å². The average molecular weight is 286 g/mol. The van der Waals surface area contributed by atoms with E-state index >= 15 is 0 Å². The fourth-order valence-electron chi connectivity index (χ4n) is 1.28. The van der Waals surface area contributed by atoms with Crippen molar-refractivity contribution in [2.75, 3.05) is 0 Å². The summed E-state index contributed by atoms with van der Waals surface area (Å²) < 4.78 is 31.3. The van der Waals surface area contributed by atoms with E-state index in [0.29, 0.717) is 0 Å². The van der Waals surface area contributed by atoms with Crippen LogP contribution in [0.4, 0.5) is 8.78 Å². The van der Waals surface area contributed by atoms with Gasteiger partial charge in [0.2, 0.25) is 11.7 Å². The molecule has 1 aromatic heterocycles. The number of hydrogen-bond acceptors (Lipinski definition) is 3. The lowest BCUT2D eigenvalue weighted by atomic mass is 10.3. The smallest absolute Gasteiger partial charge is 0.337 e. The van der Waals surface area contributed by atoms with Crippen LogP contribution in [0.1, 0.15) is 10.4 Å². The number of pyridine rings is 1. The zero-order valence-corrected chi connectivity index (χ0v) is 9.99. The number of nitrogens with zero attached hydrogens (tertiary/aromatic N) is 1. The summed E-state index contributed by atoms with van der Waals surface area (Å²) in [6, 6.07) is 4.49. The molecule has 0 atom stereocenters. The van der Waals surface area contributed by atoms with Crippen molar-refractivity contribution in [3.63, 3.8) is 0 Å². The van der Waals surface area contributed by atoms with Gasteiger partial charge in [-0.05, 0) is 18.2 Å². The molecule has 1 aromatic carbocycles. The Morgan fingerprint density at radius 2 is 2.11 bits per heavy atom. The lowest BCUT2D eigenvalue weighted by Gasteiger charge is -2.07. The van der Waals surface area contributed by atoms with Gasteiger partial charge in [0.25, 0.3) is 0 Å². The van der Waals surface area contributed by atoms with Crippen LogP contribution < -0.4 is 4.74 Å². The summed E-state index contributed by atoms with van der Waals surface area (Å²) in [4.78, 5) is 14.3. The van der Waals surface area contributed by atoms with Crippen molar-refractivity contribution in [3.05, 3.63) is 52.7 Å². The molecule has 0 saturated carbocycles. The first-order valence-electron chi connectivity index (χ1n) is 4.99. The Bertz CT molecular complexity index is 649. The molecule has 2 aromatic rings. The van der Waals surface area contributed by atoms with Gasteiger partial charge in [-0.2, -0.15) is 4.39 Å². The molecular formula is C12H6ClF2NO3. The summed E-state index contributed by atoms with van der Waals surface area (Å²) in [5.74, 6) is -4.06. The molecule has 0 aliphatic carbocycles. The highest BCUT2D eigenvalue weighted by molar-refractivity contribution is 6.32. The Kier molecular flexibility index (Phi) is 3.62. The molecule has 0 saturated heterocycles. The van der Waals surface area contributed by atoms with Crippen molar-refractivity contribution in [2.45, 2.75) is 0 Å². The topological polar surface area (TPSA) is 59.4 Å². The third-order valence-corrected chi connectivity index (χ3v) is 2.45. The van der Waals surface area contributed by atoms with Gasteiger partial charge in [0, 0.05) is 6.20 Å². The van der Waals surface area contributed by atoms with Gasteiger partial charge in [-0.1, -0.05) is 17.7 Å². The zero-order valence-electron chi connectivity index (χ0n) is 9.23. The number of aromatic nitrogens is 1. The highest BCUT2D eigenvalue weighted by Crippen LogP contribution is 2.29. The number of benzene rings is 1. The second kappa shape index (κ2) is 5.19. The van der Waals surface area contributed by atoms with Gasteiger partial charge in [-0.3, -0.25) is 0 Å². The fraction of sp³-hybridized carbons (Fsp3) is 0. The predicted molar refractivity (Wildman–Crippen MR) is 62.6 cm³/mol. The van der Waals surface area contributed by atoms with Crippen molar-refractivity contribution in [1.82, 2.24) is 4.98 Å². The van der Waals surface area contributed by atoms with E-state index in [1.54, 1.807) is 0 Å². The number of ether oxygens (including phenoxy) is 1. The fourth-order valence-corrected chi connectivity index (χ4v) is 1.49. The lowest BCUT2D eigenvalue weighted by molar-refractivity contribution is 0.0696. The minimum atomic E-state index is -1.21. The third-order valence-electron chi connectivity index (χ3n) is 2.18. The van der Waals surface area contributed by atoms with Crippen LogP contribution in [-0.2, 0) is 0 Å². The molecule has 0 bridgehead atoms. The lowest BCUT2D eigenvalue weighted by Crippen LogP contribution is -1.99. The number of halogens is 3. The van der Waals surface area contributed by atoms with Crippen molar-refractivity contribution in [3.8, 4) is 11.6 Å². The van der Waals surface area contributed by atoms with Gasteiger partial charge in [0.05, 0.1) is 5.56 Å². The normalized spacial score (nSPS) is 10.3. The van der Waals surface area contributed by atoms with Gasteiger partial charge in [0.1, 0.15) is 5.02 Å². The van der Waals surface area contributed by atoms with Gasteiger partial charge < -0.3 is 9.84 Å². The van der Waals surface area contributed by atoms with Gasteiger partial charge in [-0.15, -0.1) is 0 Å². The molecule has 0 spiro atoms. The third kappa shape index (κ3) is 2.79. The number of rotatable bonds is 3. The van der Waals surface area contributed by atoms with Crippen LogP contribution in [0.15, 0.2) is 30.5 Å². The van der Waals surface area contributed by atoms with Crippen molar-refractivity contribution < 1.29 is 23.4 Å². The molecule has 0 radical (unpaired) electrons. The zero-order chi connectivity index (χ0) is 14.0. The summed E-state index contributed by atoms with van der Waals surface area (Å²) in [6.45, 7) is 0. The van der Waals surface area contributed by atoms with E-state index in [1.165, 1.54) is 12.1 Å². The van der Waals surface area contributed by atoms with Crippen LogP contribution in [0, 0.1) is 11.6 Å². The Morgan fingerprint density at radius 3 is 2.74 bits per heavy atom. The van der Waals surface area contributed by atoms with Crippen molar-refractivity contribution in [1.29, 1.82) is 0 Å². The van der Waals surface area contributed by atoms with Gasteiger partial charge in [-0.25, -0.2) is 14.2 Å². The number of carbonyl (C=O) groups is 1. The van der Waals surface area contributed by atoms with E-state index in [4.69, 9.17) is 21.4 Å². The summed E-state index contributed by atoms with van der Waals surface area (Å²) in [5.41, 5.74) is -0.142. The summed E-state index contributed by atoms with van der Waals surface area (Å²) >= 11 is 5.75. The molecule has 0 unspecified atom stereocenters. The number of carboxylic acid groups (broad SMARTS) is 1. The summed E-state index contributed by atoms with van der Waals surface area (Å²) in [6.07, 6.45) is 1.00. The Morgan fingerprint density at radius 1 is 1.37 bits per heavy atom. The number of carboxylic acids is 1. The van der Waals surface area contributed by atoms with E-state index in [9.17, 15) is 13.6 Å². The van der Waals surface area contributed by atoms with E-state index in [2.05, 4.69) is 4.98 Å². The molecule has 0 fully saturated rings. The molecule has 0 amide bonds. The molecule has 4 nitrogen and oxygen atoms in total. The maximum Gasteiger partial charge on any atom is 0.337 e. The second-order valence-corrected chi connectivity index (χ2v) is 3.88. The SMILES string of the molecule is O=C(O)c1cnc(Oc2cccc(F)c2F)c(Cl)c1. The summed E-state index contributed by atoms with van der Waals surface area (Å²) in [7, 11) is 0. The van der Waals surface area contributed by atoms with Crippen LogP contribution in [0.25, 0.3) is 0 Å². The first-order chi connectivity index (χ1) is 8.99. The van der Waals surface area contributed by atoms with E-state index in [1.807, 2.05) is 0 Å². The van der Waals surface area contributed by atoms with Gasteiger partial charge in [0.15, 0.2) is 11.6 Å². The molecule has 2 rings (SSSR count). The Balaban J connectivity index is 2.34. The quantitative estimate of drug-likeness (QED) is 0.937. The van der Waals surface area contributed by atoms with Crippen LogP contribution >= 0.6 is 11.6 Å². The van der Waals surface area contributed by atoms with Gasteiger partial charge >= 0.3 is 5.97 Å². The molecule has 1 heterocycles. The standard InChI is InChI=1S/C12H6ClF2NO3/c13-7-4-6(12(17)18)5-16-11(7)19-9-3-1-2-8(14)10(9)15/h1-5H,(H,17,18). The van der Waals surface area contributed by atoms with Crippen molar-refractivity contribution >= 4 is 17.6 Å². The highest BCUT2D eigenvalue weighted by Gasteiger charge is 2.14. The maximum absolute atomic E-state index is 13.4. The second-order valence-electron chi connectivity index (χ2n) is 3.47. The van der Waals surface area contributed by atoms with Crippen LogP contribution in [0.5, 0.6) is 11.6 Å². The minimum absolute atomic E-state index is 0.122. The molecule has 1 N–H and O–H groups in total. The largest absolute Gasteiger partial charge is 0.478 e. The first kappa shape index (κ1) is 13.2. The number of aromatic carboxylic acids is 1. The van der Waals surface area contributed by atoms with E-state index in [0.717, 1.165) is 18.3 Å². The molecule has 0 aliphatic rings. The van der Waals surface area contributed by atoms with Crippen molar-refractivity contribution in [2.24, 2.45) is 0 Å². The van der Waals surface area contributed by atoms with Crippen LogP contribution in [0.3, 0.4) is 0 Å². The van der Waals surface area contributed by atoms with Crippen LogP contribution in [0.2, 0.25) is 5.02 Å². The molecular weight excluding hydrogens is 280 g/mol. The first-order valence-corrected chi connectivity index (χ1v) is 5.37. The van der Waals surface area contributed by atoms with Crippen LogP contribution in [-0.4, -0.2) is 16.1 Å². The Labute approximate surface area is 111 Å². The molecule has 19 heavy (non-hydrogen) atoms. The average Bonchev–Trinajstić information content (AvgIpc) is 2.37. The maximum atomic E-state index is 13.4. The molecule has 7 heteroatoms. The number of hydrogen-bond donors (Lipinski definition) is 1.